The van der Waals surface area contributed by atoms with Crippen LogP contribution in [0.2, 0.25) is 0 Å². The third kappa shape index (κ3) is 4.41. The molecule has 0 saturated heterocycles. The van der Waals surface area contributed by atoms with Gasteiger partial charge in [0.05, 0.1) is 11.6 Å². The number of halogens is 3. The highest BCUT2D eigenvalue weighted by molar-refractivity contribution is 5.76. The lowest BCUT2D eigenvalue weighted by molar-refractivity contribution is -0.138. The van der Waals surface area contributed by atoms with Crippen LogP contribution in [-0.2, 0) is 17.5 Å². The Balaban J connectivity index is 2.10. The van der Waals surface area contributed by atoms with E-state index in [1.54, 1.807) is 31.5 Å². The molecule has 0 bridgehead atoms. The molecule has 0 saturated carbocycles. The number of alkyl halides is 3. The highest BCUT2D eigenvalue weighted by Gasteiger charge is 2.31. The summed E-state index contributed by atoms with van der Waals surface area (Å²) in [4.78, 5) is 27.5. The Kier molecular flexibility index (Phi) is 4.83. The van der Waals surface area contributed by atoms with Crippen LogP contribution in [0.1, 0.15) is 24.1 Å². The number of amides is 1. The molecule has 1 atom stereocenters. The first-order chi connectivity index (χ1) is 10.8. The topological polar surface area (TPSA) is 64.0 Å². The summed E-state index contributed by atoms with van der Waals surface area (Å²) in [6.45, 7) is 1.22. The van der Waals surface area contributed by atoms with Crippen molar-refractivity contribution in [1.29, 1.82) is 0 Å². The summed E-state index contributed by atoms with van der Waals surface area (Å²) in [6.07, 6.45) is -0.785. The summed E-state index contributed by atoms with van der Waals surface area (Å²) in [6, 6.07) is 4.57. The zero-order chi connectivity index (χ0) is 17.0. The van der Waals surface area contributed by atoms with Gasteiger partial charge in [-0.25, -0.2) is 0 Å². The zero-order valence-electron chi connectivity index (χ0n) is 12.2. The maximum Gasteiger partial charge on any atom is 0.417 e. The van der Waals surface area contributed by atoms with Crippen molar-refractivity contribution < 1.29 is 18.0 Å². The molecule has 1 N–H and O–H groups in total. The number of hydrogen-bond donors (Lipinski definition) is 1. The van der Waals surface area contributed by atoms with E-state index in [-0.39, 0.29) is 6.04 Å². The first kappa shape index (κ1) is 16.7. The van der Waals surface area contributed by atoms with E-state index in [1.165, 1.54) is 0 Å². The molecule has 0 aliphatic rings. The van der Waals surface area contributed by atoms with Crippen LogP contribution in [-0.4, -0.2) is 15.5 Å². The van der Waals surface area contributed by atoms with Crippen molar-refractivity contribution in [1.82, 2.24) is 14.9 Å². The fourth-order valence-electron chi connectivity index (χ4n) is 1.98. The molecule has 0 aromatic carbocycles. The van der Waals surface area contributed by atoms with E-state index in [0.717, 1.165) is 16.2 Å². The van der Waals surface area contributed by atoms with E-state index >= 15 is 0 Å². The van der Waals surface area contributed by atoms with Gasteiger partial charge in [0.1, 0.15) is 6.54 Å². The Morgan fingerprint density at radius 3 is 2.70 bits per heavy atom. The average Bonchev–Trinajstić information content (AvgIpc) is 2.49. The second kappa shape index (κ2) is 6.64. The van der Waals surface area contributed by atoms with Crippen LogP contribution in [0.3, 0.4) is 0 Å². The molecular formula is C15H14F3N3O2. The molecule has 0 radical (unpaired) electrons. The third-order valence-electron chi connectivity index (χ3n) is 3.19. The molecular weight excluding hydrogens is 311 g/mol. The maximum absolute atomic E-state index is 12.6. The molecule has 122 valence electrons. The summed E-state index contributed by atoms with van der Waals surface area (Å²) in [7, 11) is 0. The summed E-state index contributed by atoms with van der Waals surface area (Å²) < 4.78 is 38.7. The molecule has 0 aliphatic carbocycles. The SMILES string of the molecule is CC(NC(=O)Cn1cc(C(F)(F)F)ccc1=O)c1cccnc1. The number of pyridine rings is 2. The van der Waals surface area contributed by atoms with Crippen LogP contribution in [0, 0.1) is 0 Å². The second-order valence-corrected chi connectivity index (χ2v) is 4.96. The van der Waals surface area contributed by atoms with Gasteiger partial charge in [-0.05, 0) is 24.6 Å². The summed E-state index contributed by atoms with van der Waals surface area (Å²) in [5.41, 5.74) is -0.912. The van der Waals surface area contributed by atoms with E-state index in [1.807, 2.05) is 0 Å². The van der Waals surface area contributed by atoms with Gasteiger partial charge < -0.3 is 9.88 Å². The van der Waals surface area contributed by atoms with Gasteiger partial charge >= 0.3 is 6.18 Å². The highest BCUT2D eigenvalue weighted by atomic mass is 19.4. The summed E-state index contributed by atoms with van der Waals surface area (Å²) >= 11 is 0. The van der Waals surface area contributed by atoms with Crippen LogP contribution in [0.4, 0.5) is 13.2 Å². The van der Waals surface area contributed by atoms with Crippen LogP contribution >= 0.6 is 0 Å². The van der Waals surface area contributed by atoms with Crippen molar-refractivity contribution in [3.63, 3.8) is 0 Å². The van der Waals surface area contributed by atoms with Crippen molar-refractivity contribution in [3.05, 3.63) is 64.3 Å². The Labute approximate surface area is 129 Å². The number of carbonyl (C=O) groups excluding carboxylic acids is 1. The van der Waals surface area contributed by atoms with Gasteiger partial charge in [0.15, 0.2) is 0 Å². The summed E-state index contributed by atoms with van der Waals surface area (Å²) in [5.74, 6) is -0.567. The van der Waals surface area contributed by atoms with E-state index in [2.05, 4.69) is 10.3 Å². The summed E-state index contributed by atoms with van der Waals surface area (Å²) in [5, 5.41) is 2.61. The molecule has 5 nitrogen and oxygen atoms in total. The molecule has 8 heteroatoms. The lowest BCUT2D eigenvalue weighted by atomic mass is 10.1. The number of aromatic nitrogens is 2. The number of nitrogens with one attached hydrogen (secondary N) is 1. The molecule has 2 heterocycles. The Morgan fingerprint density at radius 2 is 2.09 bits per heavy atom. The Bertz CT molecular complexity index is 742. The van der Waals surface area contributed by atoms with Gasteiger partial charge in [0.25, 0.3) is 5.56 Å². The molecule has 0 aliphatic heterocycles. The fraction of sp³-hybridized carbons (Fsp3) is 0.267. The minimum Gasteiger partial charge on any atom is -0.348 e. The minimum atomic E-state index is -4.57. The molecule has 0 fully saturated rings. The standard InChI is InChI=1S/C15H14F3N3O2/c1-10(11-3-2-6-19-7-11)20-13(22)9-21-8-12(15(16,17)18)4-5-14(21)23/h2-8,10H,9H2,1H3,(H,20,22). The van der Waals surface area contributed by atoms with Crippen molar-refractivity contribution in [2.45, 2.75) is 25.7 Å². The van der Waals surface area contributed by atoms with Crippen LogP contribution in [0.25, 0.3) is 0 Å². The van der Waals surface area contributed by atoms with Crippen molar-refractivity contribution in [3.8, 4) is 0 Å². The molecule has 1 unspecified atom stereocenters. The monoisotopic (exact) mass is 325 g/mol. The lowest BCUT2D eigenvalue weighted by Crippen LogP contribution is -2.34. The highest BCUT2D eigenvalue weighted by Crippen LogP contribution is 2.27. The van der Waals surface area contributed by atoms with E-state index in [4.69, 9.17) is 0 Å². The predicted molar refractivity (Wildman–Crippen MR) is 76.5 cm³/mol. The zero-order valence-corrected chi connectivity index (χ0v) is 12.2. The van der Waals surface area contributed by atoms with Crippen molar-refractivity contribution in [2.75, 3.05) is 0 Å². The number of nitrogens with zero attached hydrogens (tertiary/aromatic N) is 2. The fourth-order valence-corrected chi connectivity index (χ4v) is 1.98. The minimum absolute atomic E-state index is 0.377. The molecule has 2 aromatic rings. The largest absolute Gasteiger partial charge is 0.417 e. The van der Waals surface area contributed by atoms with E-state index in [0.29, 0.717) is 12.3 Å². The van der Waals surface area contributed by atoms with Crippen molar-refractivity contribution in [2.24, 2.45) is 0 Å². The quantitative estimate of drug-likeness (QED) is 0.937. The van der Waals surface area contributed by atoms with Gasteiger partial charge in [0, 0.05) is 24.7 Å². The van der Waals surface area contributed by atoms with E-state index in [9.17, 15) is 22.8 Å². The number of carbonyl (C=O) groups is 1. The molecule has 2 aromatic heterocycles. The second-order valence-electron chi connectivity index (χ2n) is 4.96. The first-order valence-corrected chi connectivity index (χ1v) is 6.74. The smallest absolute Gasteiger partial charge is 0.348 e. The predicted octanol–water partition coefficient (Wildman–Crippen LogP) is 2.14. The Morgan fingerprint density at radius 1 is 1.35 bits per heavy atom. The van der Waals surface area contributed by atoms with Crippen LogP contribution in [0.15, 0.2) is 47.7 Å². The van der Waals surface area contributed by atoms with Gasteiger partial charge in [-0.15, -0.1) is 0 Å². The molecule has 23 heavy (non-hydrogen) atoms. The molecule has 1 amide bonds. The number of rotatable bonds is 4. The van der Waals surface area contributed by atoms with Gasteiger partial charge in [-0.3, -0.25) is 14.6 Å². The first-order valence-electron chi connectivity index (χ1n) is 6.74. The van der Waals surface area contributed by atoms with E-state index < -0.39 is 29.8 Å². The Hall–Kier alpha value is -2.64. The van der Waals surface area contributed by atoms with Crippen molar-refractivity contribution >= 4 is 5.91 Å². The van der Waals surface area contributed by atoms with Crippen LogP contribution < -0.4 is 10.9 Å². The average molecular weight is 325 g/mol. The maximum atomic E-state index is 12.6. The lowest BCUT2D eigenvalue weighted by Gasteiger charge is -2.15. The third-order valence-corrected chi connectivity index (χ3v) is 3.19. The number of hydrogen-bond acceptors (Lipinski definition) is 3. The van der Waals surface area contributed by atoms with Gasteiger partial charge in [-0.1, -0.05) is 6.07 Å². The molecule has 0 spiro atoms. The normalized spacial score (nSPS) is 12.7. The molecule has 2 rings (SSSR count). The van der Waals surface area contributed by atoms with Gasteiger partial charge in [-0.2, -0.15) is 13.2 Å². The van der Waals surface area contributed by atoms with Gasteiger partial charge in [0.2, 0.25) is 5.91 Å². The van der Waals surface area contributed by atoms with Crippen LogP contribution in [0.5, 0.6) is 0 Å².